The van der Waals surface area contributed by atoms with Gasteiger partial charge in [-0.2, -0.15) is 0 Å². The van der Waals surface area contributed by atoms with Crippen molar-refractivity contribution in [2.75, 3.05) is 4.90 Å². The maximum atomic E-state index is 2.42. The Kier molecular flexibility index (Phi) is 7.39. The highest BCUT2D eigenvalue weighted by molar-refractivity contribution is 7.25. The van der Waals surface area contributed by atoms with E-state index in [2.05, 4.69) is 216 Å². The third kappa shape index (κ3) is 5.32. The highest BCUT2D eigenvalue weighted by Crippen LogP contribution is 2.44. The third-order valence-corrected chi connectivity index (χ3v) is 12.1. The molecule has 0 bridgehead atoms. The van der Waals surface area contributed by atoms with E-state index in [4.69, 9.17) is 0 Å². The van der Waals surface area contributed by atoms with Crippen LogP contribution < -0.4 is 4.90 Å². The topological polar surface area (TPSA) is 8.17 Å². The Balaban J connectivity index is 1.11. The summed E-state index contributed by atoms with van der Waals surface area (Å²) in [6.45, 7) is 0. The van der Waals surface area contributed by atoms with Crippen LogP contribution in [0.2, 0.25) is 0 Å². The number of benzene rings is 9. The molecular formula is C52H34N2S. The monoisotopic (exact) mass is 718 g/mol. The van der Waals surface area contributed by atoms with E-state index in [1.54, 1.807) is 0 Å². The molecular weight excluding hydrogens is 685 g/mol. The second-order valence-corrected chi connectivity index (χ2v) is 15.2. The third-order valence-electron chi connectivity index (χ3n) is 11.0. The summed E-state index contributed by atoms with van der Waals surface area (Å²) in [7, 11) is 0. The second-order valence-electron chi connectivity index (χ2n) is 14.2. The molecule has 11 aromatic rings. The van der Waals surface area contributed by atoms with E-state index < -0.39 is 0 Å². The number of anilines is 3. The van der Waals surface area contributed by atoms with Gasteiger partial charge in [-0.1, -0.05) is 127 Å². The zero-order chi connectivity index (χ0) is 36.3. The Morgan fingerprint density at radius 2 is 0.891 bits per heavy atom. The van der Waals surface area contributed by atoms with Crippen molar-refractivity contribution < 1.29 is 0 Å². The molecule has 0 fully saturated rings. The van der Waals surface area contributed by atoms with Crippen molar-refractivity contribution in [1.29, 1.82) is 0 Å². The van der Waals surface area contributed by atoms with E-state index >= 15 is 0 Å². The zero-order valence-electron chi connectivity index (χ0n) is 29.9. The molecule has 0 N–H and O–H groups in total. The van der Waals surface area contributed by atoms with Gasteiger partial charge in [-0.3, -0.25) is 0 Å². The van der Waals surface area contributed by atoms with Crippen molar-refractivity contribution >= 4 is 81.1 Å². The van der Waals surface area contributed by atoms with Crippen LogP contribution in [0.5, 0.6) is 0 Å². The van der Waals surface area contributed by atoms with Crippen molar-refractivity contribution in [3.05, 3.63) is 206 Å². The number of fused-ring (bicyclic) bond motifs is 7. The van der Waals surface area contributed by atoms with Crippen molar-refractivity contribution in [3.8, 4) is 27.9 Å². The van der Waals surface area contributed by atoms with Crippen molar-refractivity contribution in [2.45, 2.75) is 0 Å². The lowest BCUT2D eigenvalue weighted by atomic mass is 9.94. The summed E-state index contributed by atoms with van der Waals surface area (Å²) < 4.78 is 4.99. The first kappa shape index (κ1) is 31.6. The van der Waals surface area contributed by atoms with Crippen molar-refractivity contribution in [1.82, 2.24) is 4.57 Å². The minimum absolute atomic E-state index is 1.11. The number of thiophene rings is 1. The lowest BCUT2D eigenvalue weighted by Gasteiger charge is -2.26. The molecule has 9 aromatic carbocycles. The van der Waals surface area contributed by atoms with E-state index in [1.165, 1.54) is 75.0 Å². The molecule has 55 heavy (non-hydrogen) atoms. The Morgan fingerprint density at radius 1 is 0.345 bits per heavy atom. The first-order valence-electron chi connectivity index (χ1n) is 18.8. The van der Waals surface area contributed by atoms with Gasteiger partial charge in [0.05, 0.1) is 11.0 Å². The fourth-order valence-electron chi connectivity index (χ4n) is 8.39. The van der Waals surface area contributed by atoms with E-state index in [0.29, 0.717) is 0 Å². The second kappa shape index (κ2) is 12.9. The Morgan fingerprint density at radius 3 is 1.65 bits per heavy atom. The summed E-state index contributed by atoms with van der Waals surface area (Å²) in [5.41, 5.74) is 11.8. The fourth-order valence-corrected chi connectivity index (χ4v) is 9.50. The van der Waals surface area contributed by atoms with Crippen LogP contribution in [0.4, 0.5) is 17.1 Å². The maximum Gasteiger partial charge on any atom is 0.0542 e. The Bertz CT molecular complexity index is 3190. The summed E-state index contributed by atoms with van der Waals surface area (Å²) >= 11 is 1.87. The normalized spacial score (nSPS) is 11.6. The number of nitrogens with zero attached hydrogens (tertiary/aromatic N) is 2. The summed E-state index contributed by atoms with van der Waals surface area (Å²) in [5.74, 6) is 0. The molecule has 2 nitrogen and oxygen atoms in total. The maximum absolute atomic E-state index is 2.42. The highest BCUT2D eigenvalue weighted by atomic mass is 32.1. The summed E-state index contributed by atoms with van der Waals surface area (Å²) in [5, 5.41) is 7.59. The molecule has 3 heteroatoms. The molecule has 0 aliphatic rings. The minimum atomic E-state index is 1.11. The van der Waals surface area contributed by atoms with E-state index in [9.17, 15) is 0 Å². The van der Waals surface area contributed by atoms with E-state index in [-0.39, 0.29) is 0 Å². The lowest BCUT2D eigenvalue weighted by Crippen LogP contribution is -2.10. The minimum Gasteiger partial charge on any atom is -0.310 e. The molecule has 2 heterocycles. The summed E-state index contributed by atoms with van der Waals surface area (Å²) in [6.07, 6.45) is 0. The van der Waals surface area contributed by atoms with E-state index in [0.717, 1.165) is 22.7 Å². The van der Waals surface area contributed by atoms with Crippen LogP contribution in [0.1, 0.15) is 0 Å². The van der Waals surface area contributed by atoms with Crippen LogP contribution in [0.3, 0.4) is 0 Å². The van der Waals surface area contributed by atoms with Gasteiger partial charge in [0, 0.05) is 53.7 Å². The molecule has 0 saturated carbocycles. The summed E-state index contributed by atoms with van der Waals surface area (Å²) in [6, 6.07) is 75.2. The molecule has 0 aliphatic heterocycles. The van der Waals surface area contributed by atoms with Gasteiger partial charge >= 0.3 is 0 Å². The van der Waals surface area contributed by atoms with Gasteiger partial charge in [0.15, 0.2) is 0 Å². The lowest BCUT2D eigenvalue weighted by molar-refractivity contribution is 1.18. The van der Waals surface area contributed by atoms with Crippen LogP contribution in [0.15, 0.2) is 206 Å². The Labute approximate surface area is 323 Å². The standard InChI is InChI=1S/C52H34N2S/c1-3-13-35(14-4-1)43-19-9-10-20-44(43)36-23-25-40(26-24-36)53(42-28-30-51-48(34-42)47-31-37-15-7-8-16-38(37)32-52(47)55-51)41-27-29-50-46(33-41)45-21-11-12-22-49(45)54(50)39-17-5-2-6-18-39/h1-34H. The van der Waals surface area contributed by atoms with Gasteiger partial charge in [0.1, 0.15) is 0 Å². The van der Waals surface area contributed by atoms with Gasteiger partial charge in [-0.05, 0) is 112 Å². The van der Waals surface area contributed by atoms with Crippen LogP contribution in [-0.2, 0) is 0 Å². The predicted octanol–water partition coefficient (Wildman–Crippen LogP) is 15.1. The quantitative estimate of drug-likeness (QED) is 0.166. The molecule has 0 amide bonds. The molecule has 0 atom stereocenters. The molecule has 258 valence electrons. The van der Waals surface area contributed by atoms with Crippen LogP contribution >= 0.6 is 11.3 Å². The number of hydrogen-bond acceptors (Lipinski definition) is 2. The molecule has 2 aromatic heterocycles. The molecule has 0 spiro atoms. The molecule has 0 radical (unpaired) electrons. The van der Waals surface area contributed by atoms with Crippen LogP contribution in [0, 0.1) is 0 Å². The highest BCUT2D eigenvalue weighted by Gasteiger charge is 2.19. The van der Waals surface area contributed by atoms with E-state index in [1.807, 2.05) is 11.3 Å². The average molecular weight is 719 g/mol. The number of aromatic nitrogens is 1. The van der Waals surface area contributed by atoms with Crippen LogP contribution in [0.25, 0.3) is 80.7 Å². The number of para-hydroxylation sites is 2. The van der Waals surface area contributed by atoms with Gasteiger partial charge < -0.3 is 9.47 Å². The zero-order valence-corrected chi connectivity index (χ0v) is 30.7. The van der Waals surface area contributed by atoms with Crippen molar-refractivity contribution in [3.63, 3.8) is 0 Å². The van der Waals surface area contributed by atoms with Gasteiger partial charge in [-0.15, -0.1) is 11.3 Å². The van der Waals surface area contributed by atoms with Gasteiger partial charge in [-0.25, -0.2) is 0 Å². The molecule has 11 rings (SSSR count). The molecule has 0 saturated heterocycles. The fraction of sp³-hybridized carbons (Fsp3) is 0. The predicted molar refractivity (Wildman–Crippen MR) is 237 cm³/mol. The molecule has 0 unspecified atom stereocenters. The van der Waals surface area contributed by atoms with Gasteiger partial charge in [0.2, 0.25) is 0 Å². The number of rotatable bonds is 6. The van der Waals surface area contributed by atoms with Gasteiger partial charge in [0.25, 0.3) is 0 Å². The first-order valence-corrected chi connectivity index (χ1v) is 19.6. The molecule has 0 aliphatic carbocycles. The smallest absolute Gasteiger partial charge is 0.0542 e. The van der Waals surface area contributed by atoms with Crippen LogP contribution in [-0.4, -0.2) is 4.57 Å². The SMILES string of the molecule is c1ccc(-c2ccccc2-c2ccc(N(c3ccc4sc5cc6ccccc6cc5c4c3)c3ccc4c(c3)c3ccccc3n4-c3ccccc3)cc2)cc1. The largest absolute Gasteiger partial charge is 0.310 e. The van der Waals surface area contributed by atoms with Crippen molar-refractivity contribution in [2.24, 2.45) is 0 Å². The first-order chi connectivity index (χ1) is 27.3. The number of hydrogen-bond donors (Lipinski definition) is 0. The Hall–Kier alpha value is -6.94. The summed E-state index contributed by atoms with van der Waals surface area (Å²) in [4.78, 5) is 2.42. The average Bonchev–Trinajstić information content (AvgIpc) is 3.78.